The fraction of sp³-hybridized carbons (Fsp3) is 0.200. The molecule has 2 aromatic carbocycles. The number of Topliss-reactive ketones (excluding diaryl/α,β-unsaturated/α-hetero) is 1. The molecule has 146 valence electrons. The van der Waals surface area contributed by atoms with Crippen LogP contribution in [0.2, 0.25) is 0 Å². The molecule has 9 heteroatoms. The maximum Gasteiger partial charge on any atom is 0.284 e. The van der Waals surface area contributed by atoms with Crippen LogP contribution < -0.4 is 0 Å². The maximum atomic E-state index is 11.6. The van der Waals surface area contributed by atoms with Gasteiger partial charge in [-0.05, 0) is 43.3 Å². The van der Waals surface area contributed by atoms with Crippen LogP contribution in [0, 0.1) is 10.1 Å². The summed E-state index contributed by atoms with van der Waals surface area (Å²) in [6, 6.07) is 12.3. The predicted octanol–water partition coefficient (Wildman–Crippen LogP) is 4.65. The third kappa shape index (κ3) is 3.44. The molecule has 0 saturated carbocycles. The van der Waals surface area contributed by atoms with Crippen LogP contribution in [0.25, 0.3) is 22.1 Å². The Kier molecular flexibility index (Phi) is 4.98. The minimum Gasteiger partial charge on any atom is -0.324 e. The number of hydrogen-bond donors (Lipinski definition) is 0. The summed E-state index contributed by atoms with van der Waals surface area (Å²) in [5.41, 5.74) is 2.58. The first-order valence-electron chi connectivity index (χ1n) is 9.08. The zero-order valence-corrected chi connectivity index (χ0v) is 16.6. The summed E-state index contributed by atoms with van der Waals surface area (Å²) < 4.78 is 2.09. The molecule has 0 N–H and O–H groups in total. The third-order valence-electron chi connectivity index (χ3n) is 4.57. The summed E-state index contributed by atoms with van der Waals surface area (Å²) >= 11 is 1.06. The summed E-state index contributed by atoms with van der Waals surface area (Å²) in [6.07, 6.45) is 0.929. The molecule has 0 aliphatic rings. The summed E-state index contributed by atoms with van der Waals surface area (Å²) in [5, 5.41) is 21.3. The van der Waals surface area contributed by atoms with Crippen LogP contribution >= 0.6 is 11.8 Å². The monoisotopic (exact) mass is 407 g/mol. The Morgan fingerprint density at radius 2 is 2.00 bits per heavy atom. The Bertz CT molecular complexity index is 1270. The number of aryl methyl sites for hydroxylation is 1. The second kappa shape index (κ2) is 7.59. The Morgan fingerprint density at radius 3 is 2.72 bits per heavy atom. The zero-order valence-electron chi connectivity index (χ0n) is 15.8. The predicted molar refractivity (Wildman–Crippen MR) is 110 cm³/mol. The van der Waals surface area contributed by atoms with Gasteiger partial charge in [-0.1, -0.05) is 25.1 Å². The van der Waals surface area contributed by atoms with Crippen LogP contribution in [-0.2, 0) is 6.54 Å². The zero-order chi connectivity index (χ0) is 20.5. The minimum atomic E-state index is -0.505. The van der Waals surface area contributed by atoms with Gasteiger partial charge in [-0.15, -0.1) is 10.2 Å². The second-order valence-corrected chi connectivity index (χ2v) is 7.54. The molecule has 0 saturated heterocycles. The lowest BCUT2D eigenvalue weighted by molar-refractivity contribution is -0.387. The fourth-order valence-electron chi connectivity index (χ4n) is 3.25. The SMILES string of the molecule is CCCn1c2ccccc2c2nnc(Sc3ccc(C(C)=O)cc3[N+](=O)[O-])nc21. The molecule has 2 heterocycles. The number of nitro benzene ring substituents is 1. The van der Waals surface area contributed by atoms with Crippen LogP contribution in [0.3, 0.4) is 0 Å². The molecule has 0 amide bonds. The molecule has 8 nitrogen and oxygen atoms in total. The van der Waals surface area contributed by atoms with Gasteiger partial charge in [0.25, 0.3) is 5.69 Å². The number of nitro groups is 1. The number of rotatable bonds is 6. The number of para-hydroxylation sites is 1. The average Bonchev–Trinajstić information content (AvgIpc) is 3.02. The fourth-order valence-corrected chi connectivity index (χ4v) is 4.03. The van der Waals surface area contributed by atoms with Crippen molar-refractivity contribution in [3.05, 3.63) is 58.1 Å². The van der Waals surface area contributed by atoms with E-state index in [1.807, 2.05) is 24.3 Å². The van der Waals surface area contributed by atoms with Crippen LogP contribution in [0.5, 0.6) is 0 Å². The standard InChI is InChI=1S/C20H17N5O3S/c1-3-10-24-15-7-5-4-6-14(15)18-19(24)21-20(23-22-18)29-17-9-8-13(12(2)26)11-16(17)25(27)28/h4-9,11H,3,10H2,1-2H3. The van der Waals surface area contributed by atoms with Crippen molar-refractivity contribution in [3.8, 4) is 0 Å². The van der Waals surface area contributed by atoms with Crippen LogP contribution in [-0.4, -0.2) is 30.5 Å². The van der Waals surface area contributed by atoms with Crippen molar-refractivity contribution >= 4 is 45.3 Å². The van der Waals surface area contributed by atoms with Gasteiger partial charge in [0.15, 0.2) is 11.4 Å². The van der Waals surface area contributed by atoms with E-state index in [9.17, 15) is 14.9 Å². The lowest BCUT2D eigenvalue weighted by atomic mass is 10.1. The third-order valence-corrected chi connectivity index (χ3v) is 5.49. The molecular formula is C20H17N5O3S. The van der Waals surface area contributed by atoms with Crippen molar-refractivity contribution in [1.29, 1.82) is 0 Å². The highest BCUT2D eigenvalue weighted by Crippen LogP contribution is 2.35. The Morgan fingerprint density at radius 1 is 1.21 bits per heavy atom. The lowest BCUT2D eigenvalue weighted by Crippen LogP contribution is -2.01. The van der Waals surface area contributed by atoms with Gasteiger partial charge in [-0.25, -0.2) is 4.98 Å². The van der Waals surface area contributed by atoms with Crippen molar-refractivity contribution in [2.24, 2.45) is 0 Å². The normalized spacial score (nSPS) is 11.2. The topological polar surface area (TPSA) is 104 Å². The van der Waals surface area contributed by atoms with E-state index in [1.54, 1.807) is 12.1 Å². The molecule has 2 aromatic heterocycles. The van der Waals surface area contributed by atoms with E-state index in [-0.39, 0.29) is 11.5 Å². The van der Waals surface area contributed by atoms with E-state index in [2.05, 4.69) is 26.7 Å². The van der Waals surface area contributed by atoms with Gasteiger partial charge in [-0.3, -0.25) is 14.9 Å². The van der Waals surface area contributed by atoms with E-state index >= 15 is 0 Å². The van der Waals surface area contributed by atoms with E-state index in [1.165, 1.54) is 13.0 Å². The van der Waals surface area contributed by atoms with E-state index in [0.29, 0.717) is 26.8 Å². The van der Waals surface area contributed by atoms with Crippen molar-refractivity contribution in [1.82, 2.24) is 19.7 Å². The first kappa shape index (κ1) is 19.0. The van der Waals surface area contributed by atoms with Gasteiger partial charge < -0.3 is 4.57 Å². The smallest absolute Gasteiger partial charge is 0.284 e. The highest BCUT2D eigenvalue weighted by molar-refractivity contribution is 7.99. The van der Waals surface area contributed by atoms with Gasteiger partial charge in [0.2, 0.25) is 5.16 Å². The van der Waals surface area contributed by atoms with Gasteiger partial charge in [0, 0.05) is 23.6 Å². The van der Waals surface area contributed by atoms with Gasteiger partial charge >= 0.3 is 0 Å². The number of carbonyl (C=O) groups is 1. The molecule has 0 atom stereocenters. The van der Waals surface area contributed by atoms with Crippen LogP contribution in [0.1, 0.15) is 30.6 Å². The molecule has 0 radical (unpaired) electrons. The molecule has 0 aliphatic carbocycles. The summed E-state index contributed by atoms with van der Waals surface area (Å²) in [7, 11) is 0. The quantitative estimate of drug-likeness (QED) is 0.260. The Labute approximate surface area is 170 Å². The van der Waals surface area contributed by atoms with Gasteiger partial charge in [0.05, 0.1) is 15.3 Å². The van der Waals surface area contributed by atoms with Crippen LogP contribution in [0.15, 0.2) is 52.5 Å². The number of ketones is 1. The van der Waals surface area contributed by atoms with Gasteiger partial charge in [0.1, 0.15) is 5.52 Å². The second-order valence-electron chi connectivity index (χ2n) is 6.53. The molecule has 4 rings (SSSR count). The lowest BCUT2D eigenvalue weighted by Gasteiger charge is -2.05. The molecule has 0 unspecified atom stereocenters. The average molecular weight is 407 g/mol. The number of nitrogens with zero attached hydrogens (tertiary/aromatic N) is 5. The largest absolute Gasteiger partial charge is 0.324 e. The molecule has 0 bridgehead atoms. The Balaban J connectivity index is 1.82. The number of aromatic nitrogens is 4. The maximum absolute atomic E-state index is 11.6. The first-order chi connectivity index (χ1) is 14.0. The van der Waals surface area contributed by atoms with Gasteiger partial charge in [-0.2, -0.15) is 0 Å². The molecule has 4 aromatic rings. The molecule has 0 aliphatic heterocycles. The highest BCUT2D eigenvalue weighted by Gasteiger charge is 2.20. The molecule has 29 heavy (non-hydrogen) atoms. The van der Waals surface area contributed by atoms with Crippen molar-refractivity contribution < 1.29 is 9.72 Å². The van der Waals surface area contributed by atoms with Crippen LogP contribution in [0.4, 0.5) is 5.69 Å². The Hall–Kier alpha value is -3.33. The number of benzene rings is 2. The van der Waals surface area contributed by atoms with E-state index in [0.717, 1.165) is 35.6 Å². The summed E-state index contributed by atoms with van der Waals surface area (Å²) in [5.74, 6) is -0.229. The highest BCUT2D eigenvalue weighted by atomic mass is 32.2. The molecule has 0 fully saturated rings. The van der Waals surface area contributed by atoms with Crippen molar-refractivity contribution in [3.63, 3.8) is 0 Å². The number of hydrogen-bond acceptors (Lipinski definition) is 7. The van der Waals surface area contributed by atoms with Crippen molar-refractivity contribution in [2.45, 2.75) is 36.9 Å². The number of fused-ring (bicyclic) bond motifs is 3. The minimum absolute atomic E-state index is 0.152. The number of carbonyl (C=O) groups excluding carboxylic acids is 1. The van der Waals surface area contributed by atoms with E-state index in [4.69, 9.17) is 0 Å². The first-order valence-corrected chi connectivity index (χ1v) is 9.90. The van der Waals surface area contributed by atoms with Crippen molar-refractivity contribution in [2.75, 3.05) is 0 Å². The summed E-state index contributed by atoms with van der Waals surface area (Å²) in [4.78, 5) is 27.5. The van der Waals surface area contributed by atoms with E-state index < -0.39 is 4.92 Å². The molecule has 0 spiro atoms. The molecular weight excluding hydrogens is 390 g/mol. The summed E-state index contributed by atoms with van der Waals surface area (Å²) in [6.45, 7) is 4.24.